The molecular formula is C18H24N4O2. The van der Waals surface area contributed by atoms with Gasteiger partial charge in [0.1, 0.15) is 12.3 Å². The fraction of sp³-hybridized carbons (Fsp3) is 0.444. The molecule has 0 bridgehead atoms. The Bertz CT molecular complexity index is 726. The van der Waals surface area contributed by atoms with Crippen molar-refractivity contribution in [1.29, 1.82) is 0 Å². The number of aromatic nitrogens is 2. The molecule has 1 aliphatic rings. The number of ether oxygens (including phenoxy) is 1. The van der Waals surface area contributed by atoms with Crippen molar-refractivity contribution in [3.05, 3.63) is 47.3 Å². The number of nitrogens with zero attached hydrogens (tertiary/aromatic N) is 3. The van der Waals surface area contributed by atoms with Crippen molar-refractivity contribution in [2.45, 2.75) is 26.4 Å². The van der Waals surface area contributed by atoms with Crippen molar-refractivity contribution < 1.29 is 9.53 Å². The lowest BCUT2D eigenvalue weighted by Crippen LogP contribution is -2.49. The Morgan fingerprint density at radius 1 is 1.38 bits per heavy atom. The number of carbonyl (C=O) groups is 1. The normalized spacial score (nSPS) is 17.8. The van der Waals surface area contributed by atoms with Crippen molar-refractivity contribution >= 4 is 5.91 Å². The third-order valence-corrected chi connectivity index (χ3v) is 4.45. The van der Waals surface area contributed by atoms with Gasteiger partial charge in [0.05, 0.1) is 18.8 Å². The van der Waals surface area contributed by atoms with Crippen LogP contribution in [0.4, 0.5) is 0 Å². The molecule has 1 fully saturated rings. The van der Waals surface area contributed by atoms with Crippen LogP contribution in [0.5, 0.6) is 5.75 Å². The minimum atomic E-state index is -0.0284. The average Bonchev–Trinajstić information content (AvgIpc) is 2.92. The number of aryl methyl sites for hydroxylation is 2. The van der Waals surface area contributed by atoms with E-state index < -0.39 is 0 Å². The highest BCUT2D eigenvalue weighted by atomic mass is 16.5. The van der Waals surface area contributed by atoms with Crippen molar-refractivity contribution in [2.75, 3.05) is 26.7 Å². The summed E-state index contributed by atoms with van der Waals surface area (Å²) in [4.78, 5) is 14.8. The molecule has 1 aliphatic heterocycles. The molecule has 0 unspecified atom stereocenters. The molecule has 128 valence electrons. The monoisotopic (exact) mass is 328 g/mol. The number of benzene rings is 1. The standard InChI is InChI=1S/C18H24N4O2/c1-13-10-14(2)22(20-13)12-18(23)21-9-8-19-11-16(21)15-6-4-5-7-17(15)24-3/h4-7,10,16,19H,8-9,11-12H2,1-3H3/t16-/m0/s1. The van der Waals surface area contributed by atoms with Gasteiger partial charge < -0.3 is 15.0 Å². The first-order valence-electron chi connectivity index (χ1n) is 8.24. The molecule has 2 heterocycles. The molecule has 1 saturated heterocycles. The second-order valence-electron chi connectivity index (χ2n) is 6.13. The van der Waals surface area contributed by atoms with Crippen molar-refractivity contribution in [3.8, 4) is 5.75 Å². The highest BCUT2D eigenvalue weighted by Crippen LogP contribution is 2.30. The number of carbonyl (C=O) groups excluding carboxylic acids is 1. The second kappa shape index (κ2) is 7.05. The lowest BCUT2D eigenvalue weighted by Gasteiger charge is -2.37. The van der Waals surface area contributed by atoms with E-state index in [1.807, 2.05) is 49.1 Å². The molecule has 1 aromatic heterocycles. The van der Waals surface area contributed by atoms with Crippen LogP contribution in [-0.4, -0.2) is 47.3 Å². The largest absolute Gasteiger partial charge is 0.496 e. The van der Waals surface area contributed by atoms with E-state index in [1.54, 1.807) is 11.8 Å². The van der Waals surface area contributed by atoms with Crippen molar-refractivity contribution in [3.63, 3.8) is 0 Å². The molecule has 24 heavy (non-hydrogen) atoms. The Hall–Kier alpha value is -2.34. The van der Waals surface area contributed by atoms with E-state index >= 15 is 0 Å². The molecule has 6 heteroatoms. The molecule has 1 N–H and O–H groups in total. The molecule has 1 atom stereocenters. The lowest BCUT2D eigenvalue weighted by molar-refractivity contribution is -0.135. The molecule has 0 aliphatic carbocycles. The van der Waals surface area contributed by atoms with Crippen LogP contribution in [0, 0.1) is 13.8 Å². The summed E-state index contributed by atoms with van der Waals surface area (Å²) in [7, 11) is 1.66. The first-order chi connectivity index (χ1) is 11.6. The van der Waals surface area contributed by atoms with Gasteiger partial charge in [-0.2, -0.15) is 5.10 Å². The van der Waals surface area contributed by atoms with Gasteiger partial charge in [-0.15, -0.1) is 0 Å². The van der Waals surface area contributed by atoms with Crippen LogP contribution >= 0.6 is 0 Å². The van der Waals surface area contributed by atoms with Crippen molar-refractivity contribution in [1.82, 2.24) is 20.0 Å². The maximum Gasteiger partial charge on any atom is 0.244 e. The lowest BCUT2D eigenvalue weighted by atomic mass is 10.0. The highest BCUT2D eigenvalue weighted by molar-refractivity contribution is 5.77. The number of piperazine rings is 1. The molecule has 2 aromatic rings. The Balaban J connectivity index is 1.84. The summed E-state index contributed by atoms with van der Waals surface area (Å²) in [5.41, 5.74) is 2.97. The maximum atomic E-state index is 12.9. The Labute approximate surface area is 142 Å². The van der Waals surface area contributed by atoms with Crippen LogP contribution < -0.4 is 10.1 Å². The average molecular weight is 328 g/mol. The van der Waals surface area contributed by atoms with E-state index in [-0.39, 0.29) is 18.5 Å². The minimum Gasteiger partial charge on any atom is -0.496 e. The van der Waals surface area contributed by atoms with Gasteiger partial charge in [-0.3, -0.25) is 9.48 Å². The summed E-state index contributed by atoms with van der Waals surface area (Å²) < 4.78 is 7.26. The number of amides is 1. The van der Waals surface area contributed by atoms with Crippen LogP contribution in [0.3, 0.4) is 0 Å². The molecule has 1 amide bonds. The fourth-order valence-electron chi connectivity index (χ4n) is 3.28. The first kappa shape index (κ1) is 16.5. The van der Waals surface area contributed by atoms with E-state index in [1.165, 1.54) is 0 Å². The van der Waals surface area contributed by atoms with Crippen LogP contribution in [0.25, 0.3) is 0 Å². The second-order valence-corrected chi connectivity index (χ2v) is 6.13. The van der Waals surface area contributed by atoms with E-state index in [2.05, 4.69) is 10.4 Å². The minimum absolute atomic E-state index is 0.0284. The third-order valence-electron chi connectivity index (χ3n) is 4.45. The van der Waals surface area contributed by atoms with E-state index in [4.69, 9.17) is 4.74 Å². The zero-order chi connectivity index (χ0) is 17.1. The van der Waals surface area contributed by atoms with Gasteiger partial charge in [-0.25, -0.2) is 0 Å². The molecule has 0 spiro atoms. The summed E-state index contributed by atoms with van der Waals surface area (Å²) in [6, 6.07) is 9.85. The fourth-order valence-corrected chi connectivity index (χ4v) is 3.28. The summed E-state index contributed by atoms with van der Waals surface area (Å²) in [6.07, 6.45) is 0. The molecule has 1 aromatic carbocycles. The molecular weight excluding hydrogens is 304 g/mol. The van der Waals surface area contributed by atoms with Crippen molar-refractivity contribution in [2.24, 2.45) is 0 Å². The van der Waals surface area contributed by atoms with Gasteiger partial charge >= 0.3 is 0 Å². The van der Waals surface area contributed by atoms with Crippen LogP contribution in [-0.2, 0) is 11.3 Å². The van der Waals surface area contributed by atoms with Crippen LogP contribution in [0.2, 0.25) is 0 Å². The van der Waals surface area contributed by atoms with Crippen LogP contribution in [0.1, 0.15) is 23.0 Å². The predicted octanol–water partition coefficient (Wildman–Crippen LogP) is 1.68. The summed E-state index contributed by atoms with van der Waals surface area (Å²) >= 11 is 0. The van der Waals surface area contributed by atoms with Gasteiger partial charge in [0, 0.05) is 30.9 Å². The van der Waals surface area contributed by atoms with Gasteiger partial charge in [0.15, 0.2) is 0 Å². The number of hydrogen-bond acceptors (Lipinski definition) is 4. The van der Waals surface area contributed by atoms with Crippen LogP contribution in [0.15, 0.2) is 30.3 Å². The number of nitrogens with one attached hydrogen (secondary N) is 1. The Morgan fingerprint density at radius 2 is 2.17 bits per heavy atom. The zero-order valence-corrected chi connectivity index (χ0v) is 14.5. The first-order valence-corrected chi connectivity index (χ1v) is 8.24. The highest BCUT2D eigenvalue weighted by Gasteiger charge is 2.30. The van der Waals surface area contributed by atoms with Gasteiger partial charge in [0.25, 0.3) is 0 Å². The number of methoxy groups -OCH3 is 1. The maximum absolute atomic E-state index is 12.9. The molecule has 0 saturated carbocycles. The topological polar surface area (TPSA) is 59.4 Å². The van der Waals surface area contributed by atoms with Gasteiger partial charge in [0.2, 0.25) is 5.91 Å². The summed E-state index contributed by atoms with van der Waals surface area (Å²) in [5.74, 6) is 0.897. The SMILES string of the molecule is COc1ccccc1[C@@H]1CNCCN1C(=O)Cn1nc(C)cc1C. The van der Waals surface area contributed by atoms with E-state index in [9.17, 15) is 4.79 Å². The summed E-state index contributed by atoms with van der Waals surface area (Å²) in [5, 5.41) is 7.78. The molecule has 3 rings (SSSR count). The Kier molecular flexibility index (Phi) is 4.85. The number of rotatable bonds is 4. The van der Waals surface area contributed by atoms with E-state index in [0.29, 0.717) is 6.54 Å². The predicted molar refractivity (Wildman–Crippen MR) is 92.0 cm³/mol. The third kappa shape index (κ3) is 3.28. The Morgan fingerprint density at radius 3 is 2.88 bits per heavy atom. The van der Waals surface area contributed by atoms with Gasteiger partial charge in [-0.1, -0.05) is 18.2 Å². The molecule has 0 radical (unpaired) electrons. The number of para-hydroxylation sites is 1. The summed E-state index contributed by atoms with van der Waals surface area (Å²) in [6.45, 7) is 6.39. The smallest absolute Gasteiger partial charge is 0.244 e. The number of hydrogen-bond donors (Lipinski definition) is 1. The van der Waals surface area contributed by atoms with E-state index in [0.717, 1.165) is 35.8 Å². The zero-order valence-electron chi connectivity index (χ0n) is 14.5. The quantitative estimate of drug-likeness (QED) is 0.928. The van der Waals surface area contributed by atoms with Gasteiger partial charge in [-0.05, 0) is 26.0 Å². The molecule has 6 nitrogen and oxygen atoms in total.